The van der Waals surface area contributed by atoms with Crippen molar-refractivity contribution in [3.05, 3.63) is 65.2 Å². The van der Waals surface area contributed by atoms with Gasteiger partial charge in [-0.1, -0.05) is 48.0 Å². The Morgan fingerprint density at radius 1 is 1.05 bits per heavy atom. The molecule has 102 valence electrons. The maximum Gasteiger partial charge on any atom is 0.237 e. The Labute approximate surface area is 120 Å². The highest BCUT2D eigenvalue weighted by atomic mass is 16.2. The van der Waals surface area contributed by atoms with Gasteiger partial charge in [-0.15, -0.1) is 0 Å². The van der Waals surface area contributed by atoms with E-state index in [4.69, 9.17) is 0 Å². The normalized spacial score (nSPS) is 21.1. The molecule has 2 nitrogen and oxygen atoms in total. The Kier molecular flexibility index (Phi) is 2.89. The van der Waals surface area contributed by atoms with E-state index in [0.717, 1.165) is 17.7 Å². The van der Waals surface area contributed by atoms with E-state index in [1.165, 1.54) is 11.1 Å². The first kappa shape index (κ1) is 12.9. The molecule has 20 heavy (non-hydrogen) atoms. The lowest BCUT2D eigenvalue weighted by molar-refractivity contribution is -0.122. The van der Waals surface area contributed by atoms with Gasteiger partial charge in [0.1, 0.15) is 0 Å². The van der Waals surface area contributed by atoms with E-state index in [0.29, 0.717) is 0 Å². The highest BCUT2D eigenvalue weighted by Gasteiger charge is 2.45. The number of fused-ring (bicyclic) bond motifs is 1. The molecule has 1 atom stereocenters. The van der Waals surface area contributed by atoms with Crippen molar-refractivity contribution in [1.29, 1.82) is 0 Å². The first-order chi connectivity index (χ1) is 9.52. The minimum atomic E-state index is -0.458. The fourth-order valence-corrected chi connectivity index (χ4v) is 3.11. The van der Waals surface area contributed by atoms with Gasteiger partial charge in [-0.05, 0) is 37.5 Å². The Balaban J connectivity index is 2.03. The summed E-state index contributed by atoms with van der Waals surface area (Å²) in [4.78, 5) is 14.5. The molecule has 2 heteroatoms. The number of anilines is 1. The van der Waals surface area contributed by atoms with Gasteiger partial charge in [0.2, 0.25) is 5.91 Å². The predicted octanol–water partition coefficient (Wildman–Crippen LogP) is 3.47. The number of likely N-dealkylation sites (N-methyl/N-ethyl adjacent to an activating group) is 1. The highest BCUT2D eigenvalue weighted by Crippen LogP contribution is 2.42. The average molecular weight is 265 g/mol. The van der Waals surface area contributed by atoms with Crippen molar-refractivity contribution >= 4 is 11.6 Å². The Morgan fingerprint density at radius 2 is 1.70 bits per heavy atom. The van der Waals surface area contributed by atoms with Gasteiger partial charge in [0, 0.05) is 12.7 Å². The number of nitrogens with zero attached hydrogens (tertiary/aromatic N) is 1. The standard InChI is InChI=1S/C18H19NO/c1-13-8-10-14(11-9-13)12-18(2)15-6-4-5-7-16(15)19(3)17(18)20/h4-11H,12H2,1-3H3/t18-/m1/s1. The molecule has 0 spiro atoms. The molecule has 1 aliphatic heterocycles. The summed E-state index contributed by atoms with van der Waals surface area (Å²) in [5.74, 6) is 0.180. The van der Waals surface area contributed by atoms with Crippen molar-refractivity contribution in [1.82, 2.24) is 0 Å². The molecule has 0 fully saturated rings. The van der Waals surface area contributed by atoms with Gasteiger partial charge in [-0.25, -0.2) is 0 Å². The molecule has 1 aliphatic rings. The monoisotopic (exact) mass is 265 g/mol. The third-order valence-electron chi connectivity index (χ3n) is 4.31. The van der Waals surface area contributed by atoms with Crippen molar-refractivity contribution < 1.29 is 4.79 Å². The SMILES string of the molecule is Cc1ccc(C[C@@]2(C)C(=O)N(C)c3ccccc32)cc1. The van der Waals surface area contributed by atoms with Gasteiger partial charge in [0.15, 0.2) is 0 Å². The fraction of sp³-hybridized carbons (Fsp3) is 0.278. The van der Waals surface area contributed by atoms with E-state index < -0.39 is 5.41 Å². The molecule has 0 aromatic heterocycles. The Hall–Kier alpha value is -2.09. The van der Waals surface area contributed by atoms with E-state index in [9.17, 15) is 4.79 Å². The second-order valence-electron chi connectivity index (χ2n) is 5.88. The summed E-state index contributed by atoms with van der Waals surface area (Å²) in [6.45, 7) is 4.13. The van der Waals surface area contributed by atoms with Crippen LogP contribution in [0.4, 0.5) is 5.69 Å². The van der Waals surface area contributed by atoms with Crippen LogP contribution in [0.5, 0.6) is 0 Å². The van der Waals surface area contributed by atoms with Crippen molar-refractivity contribution in [2.24, 2.45) is 0 Å². The zero-order valence-corrected chi connectivity index (χ0v) is 12.2. The van der Waals surface area contributed by atoms with Gasteiger partial charge in [-0.3, -0.25) is 4.79 Å². The molecule has 1 amide bonds. The van der Waals surface area contributed by atoms with Crippen LogP contribution in [0.25, 0.3) is 0 Å². The molecule has 0 bridgehead atoms. The van der Waals surface area contributed by atoms with Crippen molar-refractivity contribution in [3.8, 4) is 0 Å². The van der Waals surface area contributed by atoms with Crippen LogP contribution in [-0.2, 0) is 16.6 Å². The predicted molar refractivity (Wildman–Crippen MR) is 82.1 cm³/mol. The van der Waals surface area contributed by atoms with Crippen LogP contribution in [-0.4, -0.2) is 13.0 Å². The van der Waals surface area contributed by atoms with Crippen LogP contribution in [0.2, 0.25) is 0 Å². The number of hydrogen-bond donors (Lipinski definition) is 0. The van der Waals surface area contributed by atoms with Crippen LogP contribution in [0.3, 0.4) is 0 Å². The molecular formula is C18H19NO. The molecule has 1 heterocycles. The van der Waals surface area contributed by atoms with E-state index in [-0.39, 0.29) is 5.91 Å². The van der Waals surface area contributed by atoms with Crippen LogP contribution >= 0.6 is 0 Å². The first-order valence-corrected chi connectivity index (χ1v) is 6.95. The van der Waals surface area contributed by atoms with E-state index in [1.807, 2.05) is 25.2 Å². The molecule has 0 unspecified atom stereocenters. The Bertz CT molecular complexity index is 659. The largest absolute Gasteiger partial charge is 0.314 e. The first-order valence-electron chi connectivity index (χ1n) is 6.95. The van der Waals surface area contributed by atoms with Crippen LogP contribution in [0.1, 0.15) is 23.6 Å². The lowest BCUT2D eigenvalue weighted by Gasteiger charge is -2.23. The fourth-order valence-electron chi connectivity index (χ4n) is 3.11. The summed E-state index contributed by atoms with van der Waals surface area (Å²) < 4.78 is 0. The third-order valence-corrected chi connectivity index (χ3v) is 4.31. The second-order valence-corrected chi connectivity index (χ2v) is 5.88. The van der Waals surface area contributed by atoms with E-state index >= 15 is 0 Å². The smallest absolute Gasteiger partial charge is 0.237 e. The van der Waals surface area contributed by atoms with E-state index in [2.05, 4.69) is 44.2 Å². The van der Waals surface area contributed by atoms with Gasteiger partial charge in [0.25, 0.3) is 0 Å². The molecule has 0 radical (unpaired) electrons. The molecule has 2 aromatic carbocycles. The zero-order chi connectivity index (χ0) is 14.3. The number of carbonyl (C=O) groups excluding carboxylic acids is 1. The lowest BCUT2D eigenvalue weighted by Crippen LogP contribution is -2.37. The van der Waals surface area contributed by atoms with E-state index in [1.54, 1.807) is 4.90 Å². The number of aryl methyl sites for hydroxylation is 1. The van der Waals surface area contributed by atoms with Crippen LogP contribution < -0.4 is 4.90 Å². The molecule has 0 N–H and O–H groups in total. The number of hydrogen-bond acceptors (Lipinski definition) is 1. The molecule has 2 aromatic rings. The maximum atomic E-state index is 12.7. The summed E-state index contributed by atoms with van der Waals surface area (Å²) in [5.41, 5.74) is 4.16. The van der Waals surface area contributed by atoms with Crippen molar-refractivity contribution in [2.45, 2.75) is 25.7 Å². The third kappa shape index (κ3) is 1.83. The summed E-state index contributed by atoms with van der Waals surface area (Å²) in [6, 6.07) is 16.5. The molecule has 0 saturated carbocycles. The zero-order valence-electron chi connectivity index (χ0n) is 12.2. The van der Waals surface area contributed by atoms with Gasteiger partial charge >= 0.3 is 0 Å². The molecule has 0 aliphatic carbocycles. The minimum Gasteiger partial charge on any atom is -0.314 e. The van der Waals surface area contributed by atoms with Crippen molar-refractivity contribution in [3.63, 3.8) is 0 Å². The van der Waals surface area contributed by atoms with Crippen molar-refractivity contribution in [2.75, 3.05) is 11.9 Å². The van der Waals surface area contributed by atoms with Gasteiger partial charge < -0.3 is 4.90 Å². The summed E-state index contributed by atoms with van der Waals surface area (Å²) in [6.07, 6.45) is 0.744. The number of carbonyl (C=O) groups is 1. The summed E-state index contributed by atoms with van der Waals surface area (Å²) in [7, 11) is 1.86. The maximum absolute atomic E-state index is 12.7. The lowest BCUT2D eigenvalue weighted by atomic mass is 9.78. The quantitative estimate of drug-likeness (QED) is 0.814. The summed E-state index contributed by atoms with van der Waals surface area (Å²) >= 11 is 0. The van der Waals surface area contributed by atoms with Gasteiger partial charge in [0.05, 0.1) is 5.41 Å². The number of para-hydroxylation sites is 1. The average Bonchev–Trinajstić information content (AvgIpc) is 2.65. The minimum absolute atomic E-state index is 0.180. The molecule has 3 rings (SSSR count). The number of benzene rings is 2. The van der Waals surface area contributed by atoms with Gasteiger partial charge in [-0.2, -0.15) is 0 Å². The molecule has 0 saturated heterocycles. The molecular weight excluding hydrogens is 246 g/mol. The topological polar surface area (TPSA) is 20.3 Å². The van der Waals surface area contributed by atoms with Crippen LogP contribution in [0.15, 0.2) is 48.5 Å². The van der Waals surface area contributed by atoms with Crippen LogP contribution in [0, 0.1) is 6.92 Å². The second kappa shape index (κ2) is 4.48. The highest BCUT2D eigenvalue weighted by molar-refractivity contribution is 6.07. The number of rotatable bonds is 2. The number of amides is 1. The Morgan fingerprint density at radius 3 is 2.40 bits per heavy atom. The summed E-state index contributed by atoms with van der Waals surface area (Å²) in [5, 5.41) is 0.